The number of rotatable bonds is 4. The number of aryl methyl sites for hydroxylation is 2. The Labute approximate surface area is 161 Å². The molecule has 140 valence electrons. The average Bonchev–Trinajstić information content (AvgIpc) is 2.87. The van der Waals surface area contributed by atoms with Crippen LogP contribution in [0.4, 0.5) is 15.8 Å². The van der Waals surface area contributed by atoms with E-state index in [4.69, 9.17) is 0 Å². The third kappa shape index (κ3) is 4.54. The minimum absolute atomic E-state index is 0.0249. The number of carbonyl (C=O) groups excluding carboxylic acids is 2. The lowest BCUT2D eigenvalue weighted by molar-refractivity contribution is -0.127. The van der Waals surface area contributed by atoms with E-state index in [0.717, 1.165) is 16.8 Å². The van der Waals surface area contributed by atoms with Gasteiger partial charge in [-0.1, -0.05) is 29.5 Å². The Morgan fingerprint density at radius 2 is 1.93 bits per heavy atom. The van der Waals surface area contributed by atoms with E-state index in [1.54, 1.807) is 7.05 Å². The summed E-state index contributed by atoms with van der Waals surface area (Å²) in [7, 11) is 1.66. The lowest BCUT2D eigenvalue weighted by Crippen LogP contribution is -2.30. The second-order valence-electron chi connectivity index (χ2n) is 6.45. The van der Waals surface area contributed by atoms with Crippen LogP contribution in [0, 0.1) is 19.7 Å². The Balaban J connectivity index is 1.69. The molecule has 7 heteroatoms. The second kappa shape index (κ2) is 7.92. The maximum absolute atomic E-state index is 12.9. The summed E-state index contributed by atoms with van der Waals surface area (Å²) in [4.78, 5) is 30.8. The van der Waals surface area contributed by atoms with Crippen LogP contribution < -0.4 is 5.32 Å². The first-order valence-corrected chi connectivity index (χ1v) is 9.37. The van der Waals surface area contributed by atoms with E-state index in [2.05, 4.69) is 10.3 Å². The fourth-order valence-corrected chi connectivity index (χ4v) is 3.89. The van der Waals surface area contributed by atoms with Crippen LogP contribution in [0.2, 0.25) is 0 Å². The predicted octanol–water partition coefficient (Wildman–Crippen LogP) is 4.03. The fourth-order valence-electron chi connectivity index (χ4n) is 2.74. The van der Waals surface area contributed by atoms with Gasteiger partial charge in [0, 0.05) is 19.2 Å². The molecule has 1 heterocycles. The van der Waals surface area contributed by atoms with Crippen molar-refractivity contribution >= 4 is 40.1 Å². The molecular formula is C20H20FN3O2S. The molecule has 5 nitrogen and oxygen atoms in total. The molecule has 1 aliphatic heterocycles. The van der Waals surface area contributed by atoms with Crippen LogP contribution in [0.5, 0.6) is 0 Å². The molecule has 1 fully saturated rings. The highest BCUT2D eigenvalue weighted by atomic mass is 32.2. The van der Waals surface area contributed by atoms with Crippen molar-refractivity contribution in [1.82, 2.24) is 4.90 Å². The van der Waals surface area contributed by atoms with Crippen molar-refractivity contribution in [3.8, 4) is 0 Å². The van der Waals surface area contributed by atoms with Crippen molar-refractivity contribution in [2.24, 2.45) is 4.99 Å². The number of benzene rings is 2. The summed E-state index contributed by atoms with van der Waals surface area (Å²) < 4.78 is 12.9. The number of halogens is 1. The number of anilines is 1. The summed E-state index contributed by atoms with van der Waals surface area (Å²) in [5, 5.41) is 2.73. The number of amidine groups is 1. The van der Waals surface area contributed by atoms with Gasteiger partial charge in [0.1, 0.15) is 11.1 Å². The summed E-state index contributed by atoms with van der Waals surface area (Å²) in [6, 6.07) is 11.4. The molecule has 1 atom stereocenters. The van der Waals surface area contributed by atoms with Gasteiger partial charge in [-0.3, -0.25) is 14.5 Å². The number of nitrogens with zero attached hydrogens (tertiary/aromatic N) is 2. The van der Waals surface area contributed by atoms with Gasteiger partial charge < -0.3 is 5.32 Å². The summed E-state index contributed by atoms with van der Waals surface area (Å²) in [6.45, 7) is 3.99. The average molecular weight is 385 g/mol. The SMILES string of the molecule is Cc1ccc(N=C2SC(CC(=O)Nc3ccc(F)cc3)C(=O)N2C)c(C)c1. The van der Waals surface area contributed by atoms with Gasteiger partial charge in [-0.05, 0) is 49.7 Å². The van der Waals surface area contributed by atoms with Gasteiger partial charge in [-0.15, -0.1) is 0 Å². The van der Waals surface area contributed by atoms with Gasteiger partial charge in [0.15, 0.2) is 5.17 Å². The Morgan fingerprint density at radius 3 is 2.59 bits per heavy atom. The summed E-state index contributed by atoms with van der Waals surface area (Å²) in [6.07, 6.45) is 0.0249. The molecule has 0 spiro atoms. The van der Waals surface area contributed by atoms with Gasteiger partial charge in [0.05, 0.1) is 5.69 Å². The van der Waals surface area contributed by atoms with Crippen LogP contribution in [0.1, 0.15) is 17.5 Å². The maximum atomic E-state index is 12.9. The number of hydrogen-bond acceptors (Lipinski definition) is 4. The molecular weight excluding hydrogens is 365 g/mol. The monoisotopic (exact) mass is 385 g/mol. The van der Waals surface area contributed by atoms with Gasteiger partial charge in [-0.2, -0.15) is 0 Å². The molecule has 3 rings (SSSR count). The quantitative estimate of drug-likeness (QED) is 0.864. The Kier molecular flexibility index (Phi) is 5.60. The third-order valence-corrected chi connectivity index (χ3v) is 5.44. The van der Waals surface area contributed by atoms with Crippen molar-refractivity contribution in [1.29, 1.82) is 0 Å². The molecule has 1 saturated heterocycles. The van der Waals surface area contributed by atoms with Crippen LogP contribution in [-0.2, 0) is 9.59 Å². The first-order valence-electron chi connectivity index (χ1n) is 8.49. The lowest BCUT2D eigenvalue weighted by atomic mass is 10.1. The summed E-state index contributed by atoms with van der Waals surface area (Å²) in [5.41, 5.74) is 3.48. The van der Waals surface area contributed by atoms with Crippen LogP contribution >= 0.6 is 11.8 Å². The molecule has 0 radical (unpaired) electrons. The first kappa shape index (κ1) is 19.1. The lowest BCUT2D eigenvalue weighted by Gasteiger charge is -2.10. The van der Waals surface area contributed by atoms with Crippen LogP contribution in [-0.4, -0.2) is 34.2 Å². The minimum atomic E-state index is -0.528. The first-order chi connectivity index (χ1) is 12.8. The van der Waals surface area contributed by atoms with E-state index >= 15 is 0 Å². The highest BCUT2D eigenvalue weighted by Gasteiger charge is 2.37. The van der Waals surface area contributed by atoms with Crippen molar-refractivity contribution < 1.29 is 14.0 Å². The van der Waals surface area contributed by atoms with Crippen molar-refractivity contribution in [3.63, 3.8) is 0 Å². The normalized spacial score (nSPS) is 18.2. The Bertz CT molecular complexity index is 912. The largest absolute Gasteiger partial charge is 0.326 e. The summed E-state index contributed by atoms with van der Waals surface area (Å²) >= 11 is 1.28. The number of carbonyl (C=O) groups is 2. The zero-order chi connectivity index (χ0) is 19.6. The molecule has 27 heavy (non-hydrogen) atoms. The molecule has 2 aromatic rings. The van der Waals surface area contributed by atoms with E-state index in [-0.39, 0.29) is 24.1 Å². The number of amides is 2. The fraction of sp³-hybridized carbons (Fsp3) is 0.250. The van der Waals surface area contributed by atoms with E-state index in [9.17, 15) is 14.0 Å². The van der Waals surface area contributed by atoms with Gasteiger partial charge in [0.2, 0.25) is 11.8 Å². The number of thioether (sulfide) groups is 1. The van der Waals surface area contributed by atoms with Gasteiger partial charge >= 0.3 is 0 Å². The smallest absolute Gasteiger partial charge is 0.242 e. The topological polar surface area (TPSA) is 61.8 Å². The maximum Gasteiger partial charge on any atom is 0.242 e. The molecule has 1 aliphatic rings. The van der Waals surface area contributed by atoms with Crippen LogP contribution in [0.25, 0.3) is 0 Å². The highest BCUT2D eigenvalue weighted by Crippen LogP contribution is 2.31. The molecule has 0 bridgehead atoms. The van der Waals surface area contributed by atoms with Crippen molar-refractivity contribution in [3.05, 3.63) is 59.4 Å². The van der Waals surface area contributed by atoms with E-state index < -0.39 is 5.25 Å². The molecule has 1 N–H and O–H groups in total. The standard InChI is InChI=1S/C20H20FN3O2S/c1-12-4-9-16(13(2)10-12)23-20-24(3)19(26)17(27-20)11-18(25)22-15-7-5-14(21)6-8-15/h4-10,17H,11H2,1-3H3,(H,22,25). The van der Waals surface area contributed by atoms with E-state index in [1.807, 2.05) is 32.0 Å². The Morgan fingerprint density at radius 1 is 1.22 bits per heavy atom. The van der Waals surface area contributed by atoms with E-state index in [0.29, 0.717) is 10.9 Å². The number of aliphatic imine (C=N–C) groups is 1. The molecule has 0 aromatic heterocycles. The molecule has 2 aromatic carbocycles. The minimum Gasteiger partial charge on any atom is -0.326 e. The van der Waals surface area contributed by atoms with Crippen LogP contribution in [0.15, 0.2) is 47.5 Å². The van der Waals surface area contributed by atoms with Crippen molar-refractivity contribution in [2.45, 2.75) is 25.5 Å². The van der Waals surface area contributed by atoms with Crippen molar-refractivity contribution in [2.75, 3.05) is 12.4 Å². The van der Waals surface area contributed by atoms with Gasteiger partial charge in [0.25, 0.3) is 0 Å². The molecule has 2 amide bonds. The zero-order valence-electron chi connectivity index (χ0n) is 15.3. The molecule has 0 aliphatic carbocycles. The predicted molar refractivity (Wildman–Crippen MR) is 107 cm³/mol. The zero-order valence-corrected chi connectivity index (χ0v) is 16.1. The van der Waals surface area contributed by atoms with Gasteiger partial charge in [-0.25, -0.2) is 9.38 Å². The number of nitrogens with one attached hydrogen (secondary N) is 1. The van der Waals surface area contributed by atoms with E-state index in [1.165, 1.54) is 40.9 Å². The number of hydrogen-bond donors (Lipinski definition) is 1. The third-order valence-electron chi connectivity index (χ3n) is 4.21. The summed E-state index contributed by atoms with van der Waals surface area (Å²) in [5.74, 6) is -0.824. The van der Waals surface area contributed by atoms with Crippen LogP contribution in [0.3, 0.4) is 0 Å². The highest BCUT2D eigenvalue weighted by molar-refractivity contribution is 8.15. The molecule has 1 unspecified atom stereocenters. The second-order valence-corrected chi connectivity index (χ2v) is 7.62. The Hall–Kier alpha value is -2.67. The molecule has 0 saturated carbocycles.